The van der Waals surface area contributed by atoms with E-state index in [-0.39, 0.29) is 11.9 Å². The fourth-order valence-electron chi connectivity index (χ4n) is 2.42. The normalized spacial score (nSPS) is 20.1. The third kappa shape index (κ3) is 4.97. The van der Waals surface area contributed by atoms with E-state index in [0.717, 1.165) is 38.3 Å². The van der Waals surface area contributed by atoms with Crippen molar-refractivity contribution in [1.82, 2.24) is 20.6 Å². The molecule has 116 valence electrons. The lowest BCUT2D eigenvalue weighted by Gasteiger charge is -2.33. The minimum absolute atomic E-state index is 0.0659. The first-order valence-corrected chi connectivity index (χ1v) is 7.73. The Morgan fingerprint density at radius 3 is 2.95 bits per heavy atom. The number of amides is 1. The minimum Gasteiger partial charge on any atom is -0.350 e. The van der Waals surface area contributed by atoms with E-state index in [1.165, 1.54) is 0 Å². The maximum Gasteiger partial charge on any atom is 0.234 e. The molecular formula is C15H25N5O. The zero-order valence-electron chi connectivity index (χ0n) is 12.9. The van der Waals surface area contributed by atoms with Crippen LogP contribution in [0.25, 0.3) is 0 Å². The van der Waals surface area contributed by atoms with Gasteiger partial charge in [-0.3, -0.25) is 4.79 Å². The zero-order chi connectivity index (χ0) is 15.1. The molecule has 2 rings (SSSR count). The van der Waals surface area contributed by atoms with Crippen LogP contribution in [0.1, 0.15) is 33.1 Å². The second-order valence-electron chi connectivity index (χ2n) is 5.59. The fourth-order valence-corrected chi connectivity index (χ4v) is 2.42. The summed E-state index contributed by atoms with van der Waals surface area (Å²) in [6.45, 7) is 6.30. The third-order valence-corrected chi connectivity index (χ3v) is 3.84. The van der Waals surface area contributed by atoms with Crippen LogP contribution in [0.2, 0.25) is 0 Å². The summed E-state index contributed by atoms with van der Waals surface area (Å²) in [7, 11) is 0. The molecule has 2 unspecified atom stereocenters. The Morgan fingerprint density at radius 1 is 1.48 bits per heavy atom. The zero-order valence-corrected chi connectivity index (χ0v) is 12.9. The second-order valence-corrected chi connectivity index (χ2v) is 5.59. The van der Waals surface area contributed by atoms with Gasteiger partial charge in [-0.05, 0) is 32.3 Å². The Balaban J connectivity index is 1.80. The highest BCUT2D eigenvalue weighted by Gasteiger charge is 2.22. The first kappa shape index (κ1) is 15.7. The number of carbonyl (C=O) groups is 1. The lowest BCUT2D eigenvalue weighted by atomic mass is 10.1. The first-order valence-electron chi connectivity index (χ1n) is 7.73. The van der Waals surface area contributed by atoms with E-state index in [4.69, 9.17) is 0 Å². The van der Waals surface area contributed by atoms with Gasteiger partial charge in [0, 0.05) is 37.6 Å². The van der Waals surface area contributed by atoms with E-state index in [2.05, 4.69) is 39.3 Å². The van der Waals surface area contributed by atoms with Crippen LogP contribution in [0.4, 0.5) is 5.95 Å². The molecule has 1 aromatic rings. The van der Waals surface area contributed by atoms with Gasteiger partial charge in [0.05, 0.1) is 6.54 Å². The highest BCUT2D eigenvalue weighted by Crippen LogP contribution is 2.15. The fraction of sp³-hybridized carbons (Fsp3) is 0.667. The van der Waals surface area contributed by atoms with Crippen molar-refractivity contribution in [2.24, 2.45) is 0 Å². The molecule has 0 radical (unpaired) electrons. The van der Waals surface area contributed by atoms with Gasteiger partial charge in [-0.25, -0.2) is 9.97 Å². The number of nitrogens with zero attached hydrogens (tertiary/aromatic N) is 3. The van der Waals surface area contributed by atoms with Crippen LogP contribution in [-0.4, -0.2) is 47.6 Å². The summed E-state index contributed by atoms with van der Waals surface area (Å²) in [6, 6.07) is 2.36. The third-order valence-electron chi connectivity index (χ3n) is 3.84. The van der Waals surface area contributed by atoms with E-state index < -0.39 is 0 Å². The number of carbonyl (C=O) groups excluding carboxylic acids is 1. The van der Waals surface area contributed by atoms with Crippen molar-refractivity contribution in [3.63, 3.8) is 0 Å². The van der Waals surface area contributed by atoms with E-state index in [0.29, 0.717) is 12.6 Å². The van der Waals surface area contributed by atoms with Gasteiger partial charge in [0.1, 0.15) is 0 Å². The second kappa shape index (κ2) is 7.93. The highest BCUT2D eigenvalue weighted by molar-refractivity contribution is 5.78. The Hall–Kier alpha value is -1.69. The van der Waals surface area contributed by atoms with Gasteiger partial charge in [0.25, 0.3) is 0 Å². The van der Waals surface area contributed by atoms with E-state index in [1.807, 2.05) is 6.07 Å². The number of aromatic nitrogens is 2. The average molecular weight is 291 g/mol. The molecule has 6 nitrogen and oxygen atoms in total. The van der Waals surface area contributed by atoms with Crippen LogP contribution < -0.4 is 15.5 Å². The molecule has 1 fully saturated rings. The number of rotatable bonds is 6. The van der Waals surface area contributed by atoms with Gasteiger partial charge in [-0.2, -0.15) is 0 Å². The maximum atomic E-state index is 12.0. The first-order chi connectivity index (χ1) is 10.2. The molecule has 0 aromatic carbocycles. The predicted octanol–water partition coefficient (Wildman–Crippen LogP) is 0.950. The number of anilines is 1. The summed E-state index contributed by atoms with van der Waals surface area (Å²) in [6.07, 6.45) is 6.58. The van der Waals surface area contributed by atoms with E-state index >= 15 is 0 Å². The molecule has 1 saturated heterocycles. The van der Waals surface area contributed by atoms with E-state index in [1.54, 1.807) is 12.4 Å². The van der Waals surface area contributed by atoms with Gasteiger partial charge in [-0.1, -0.05) is 6.92 Å². The molecule has 2 heterocycles. The largest absolute Gasteiger partial charge is 0.350 e. The molecule has 6 heteroatoms. The molecule has 2 N–H and O–H groups in total. The number of piperidine rings is 1. The monoisotopic (exact) mass is 291 g/mol. The molecule has 1 amide bonds. The topological polar surface area (TPSA) is 70.2 Å². The Bertz CT molecular complexity index is 439. The van der Waals surface area contributed by atoms with Crippen molar-refractivity contribution in [2.45, 2.75) is 45.2 Å². The van der Waals surface area contributed by atoms with Crippen molar-refractivity contribution < 1.29 is 4.79 Å². The Labute approximate surface area is 126 Å². The Morgan fingerprint density at radius 2 is 2.24 bits per heavy atom. The van der Waals surface area contributed by atoms with Gasteiger partial charge in [-0.15, -0.1) is 0 Å². The standard InChI is InChI=1S/C15H25N5O/c1-3-12(2)18-10-14(21)19-13-6-4-9-20(11-13)15-16-7-5-8-17-15/h5,7-8,12-13,18H,3-4,6,9-11H2,1-2H3,(H,19,21). The smallest absolute Gasteiger partial charge is 0.234 e. The van der Waals surface area contributed by atoms with Crippen molar-refractivity contribution in [3.05, 3.63) is 18.5 Å². The molecule has 0 spiro atoms. The van der Waals surface area contributed by atoms with Crippen molar-refractivity contribution in [3.8, 4) is 0 Å². The Kier molecular flexibility index (Phi) is 5.92. The SMILES string of the molecule is CCC(C)NCC(=O)NC1CCCN(c2ncccn2)C1. The van der Waals surface area contributed by atoms with Crippen LogP contribution in [-0.2, 0) is 4.79 Å². The van der Waals surface area contributed by atoms with Gasteiger partial charge in [0.2, 0.25) is 11.9 Å². The quantitative estimate of drug-likeness (QED) is 0.816. The molecule has 1 aliphatic heterocycles. The summed E-state index contributed by atoms with van der Waals surface area (Å²) in [5.74, 6) is 0.810. The van der Waals surface area contributed by atoms with Crippen LogP contribution in [0.3, 0.4) is 0 Å². The number of nitrogens with one attached hydrogen (secondary N) is 2. The summed E-state index contributed by atoms with van der Waals surface area (Å²) >= 11 is 0. The molecule has 1 aromatic heterocycles. The van der Waals surface area contributed by atoms with Crippen LogP contribution >= 0.6 is 0 Å². The highest BCUT2D eigenvalue weighted by atomic mass is 16.2. The lowest BCUT2D eigenvalue weighted by molar-refractivity contribution is -0.121. The van der Waals surface area contributed by atoms with E-state index in [9.17, 15) is 4.79 Å². The van der Waals surface area contributed by atoms with Crippen LogP contribution in [0.15, 0.2) is 18.5 Å². The molecule has 0 saturated carbocycles. The molecule has 0 aliphatic carbocycles. The van der Waals surface area contributed by atoms with Gasteiger partial charge < -0.3 is 15.5 Å². The lowest BCUT2D eigenvalue weighted by Crippen LogP contribution is -2.50. The molecule has 0 bridgehead atoms. The van der Waals surface area contributed by atoms with Gasteiger partial charge >= 0.3 is 0 Å². The summed E-state index contributed by atoms with van der Waals surface area (Å²) in [5.41, 5.74) is 0. The molecule has 2 atom stereocenters. The molecule has 21 heavy (non-hydrogen) atoms. The predicted molar refractivity (Wildman–Crippen MR) is 83.2 cm³/mol. The van der Waals surface area contributed by atoms with Crippen molar-refractivity contribution in [1.29, 1.82) is 0 Å². The number of hydrogen-bond donors (Lipinski definition) is 2. The van der Waals surface area contributed by atoms with Crippen LogP contribution in [0.5, 0.6) is 0 Å². The summed E-state index contributed by atoms with van der Waals surface area (Å²) < 4.78 is 0. The van der Waals surface area contributed by atoms with Crippen molar-refractivity contribution in [2.75, 3.05) is 24.5 Å². The summed E-state index contributed by atoms with van der Waals surface area (Å²) in [5, 5.41) is 6.31. The van der Waals surface area contributed by atoms with Crippen molar-refractivity contribution >= 4 is 11.9 Å². The summed E-state index contributed by atoms with van der Waals surface area (Å²) in [4.78, 5) is 22.6. The van der Waals surface area contributed by atoms with Gasteiger partial charge in [0.15, 0.2) is 0 Å². The maximum absolute atomic E-state index is 12.0. The van der Waals surface area contributed by atoms with Crippen LogP contribution in [0, 0.1) is 0 Å². The molecule has 1 aliphatic rings. The minimum atomic E-state index is 0.0659. The molecular weight excluding hydrogens is 266 g/mol. The number of hydrogen-bond acceptors (Lipinski definition) is 5. The average Bonchev–Trinajstić information content (AvgIpc) is 2.53.